The largest absolute Gasteiger partial charge is 0.497 e. The van der Waals surface area contributed by atoms with Crippen LogP contribution in [-0.4, -0.2) is 103 Å². The number of anilines is 1. The Morgan fingerprint density at radius 2 is 1.83 bits per heavy atom. The van der Waals surface area contributed by atoms with Crippen LogP contribution in [0.1, 0.15) is 44.2 Å². The van der Waals surface area contributed by atoms with E-state index < -0.39 is 20.5 Å². The molecule has 2 amide bonds. The van der Waals surface area contributed by atoms with Gasteiger partial charge < -0.3 is 43.6 Å². The summed E-state index contributed by atoms with van der Waals surface area (Å²) >= 11 is 0. The standard InChI is InChI=1S/C35H53N3O8Si/c1-35(2,3)47(6,7)46-24-32(39)36-20-27-21-38(34(40)41)22-31(33(27)26-10-12-28(43-5)13-11-26)45-23-25-9-14-30-29(19-25)37(16-18-44-30)15-8-17-42-4/h9-14,19,27,31,33H,8,15-18,20-24H2,1-7H3,(H,36,39)(H,40,41)/t27-,31+,33+/m1/s1. The van der Waals surface area contributed by atoms with Gasteiger partial charge in [-0.15, -0.1) is 0 Å². The average molecular weight is 672 g/mol. The number of hydrogen-bond acceptors (Lipinski definition) is 8. The van der Waals surface area contributed by atoms with Crippen LogP contribution in [0.15, 0.2) is 42.5 Å². The molecule has 0 bridgehead atoms. The number of likely N-dealkylation sites (tertiary alicyclic amines) is 1. The molecule has 0 aromatic heterocycles. The molecule has 2 N–H and O–H groups in total. The number of nitrogens with one attached hydrogen (secondary N) is 1. The summed E-state index contributed by atoms with van der Waals surface area (Å²) in [4.78, 5) is 29.0. The van der Waals surface area contributed by atoms with Gasteiger partial charge in [0.05, 0.1) is 38.6 Å². The van der Waals surface area contributed by atoms with E-state index >= 15 is 0 Å². The summed E-state index contributed by atoms with van der Waals surface area (Å²) in [5.74, 6) is 0.956. The molecule has 260 valence electrons. The molecule has 3 atom stereocenters. The number of methoxy groups -OCH3 is 2. The summed E-state index contributed by atoms with van der Waals surface area (Å²) in [7, 11) is 1.22. The van der Waals surface area contributed by atoms with Crippen LogP contribution < -0.4 is 19.7 Å². The molecular weight excluding hydrogens is 618 g/mol. The number of fused-ring (bicyclic) bond motifs is 1. The molecule has 2 heterocycles. The highest BCUT2D eigenvalue weighted by Gasteiger charge is 2.41. The topological polar surface area (TPSA) is 119 Å². The summed E-state index contributed by atoms with van der Waals surface area (Å²) < 4.78 is 29.3. The maximum absolute atomic E-state index is 13.0. The van der Waals surface area contributed by atoms with Gasteiger partial charge in [0.1, 0.15) is 24.7 Å². The fraction of sp³-hybridized carbons (Fsp3) is 0.600. The number of benzene rings is 2. The van der Waals surface area contributed by atoms with Crippen LogP contribution in [-0.2, 0) is 25.3 Å². The van der Waals surface area contributed by atoms with E-state index in [2.05, 4.69) is 50.1 Å². The minimum atomic E-state index is -2.11. The van der Waals surface area contributed by atoms with Crippen molar-refractivity contribution < 1.29 is 38.1 Å². The van der Waals surface area contributed by atoms with Crippen molar-refractivity contribution >= 4 is 26.0 Å². The molecule has 2 aromatic carbocycles. The molecule has 0 spiro atoms. The molecular formula is C35H53N3O8Si. The van der Waals surface area contributed by atoms with Gasteiger partial charge in [-0.3, -0.25) is 4.79 Å². The zero-order valence-electron chi connectivity index (χ0n) is 29.0. The Hall–Kier alpha value is -3.32. The average Bonchev–Trinajstić information content (AvgIpc) is 3.04. The molecule has 12 heteroatoms. The lowest BCUT2D eigenvalue weighted by molar-refractivity contribution is -0.124. The highest BCUT2D eigenvalue weighted by atomic mass is 28.4. The first kappa shape index (κ1) is 36.5. The SMILES string of the molecule is COCCCN1CCOc2ccc(CO[C@H]3CN(C(=O)O)C[C@@H](CNC(=O)CO[Si](C)(C)C(C)(C)C)[C@@H]3c3ccc(OC)cc3)cc21. The second kappa shape index (κ2) is 16.2. The molecule has 0 aliphatic carbocycles. The summed E-state index contributed by atoms with van der Waals surface area (Å²) in [6, 6.07) is 13.9. The van der Waals surface area contributed by atoms with Crippen molar-refractivity contribution in [2.75, 3.05) is 71.7 Å². The third-order valence-electron chi connectivity index (χ3n) is 9.69. The third-order valence-corrected chi connectivity index (χ3v) is 14.2. The molecule has 47 heavy (non-hydrogen) atoms. The van der Waals surface area contributed by atoms with Crippen molar-refractivity contribution in [3.63, 3.8) is 0 Å². The predicted octanol–water partition coefficient (Wildman–Crippen LogP) is 5.35. The molecule has 2 aromatic rings. The maximum atomic E-state index is 13.0. The lowest BCUT2D eigenvalue weighted by Gasteiger charge is -2.43. The maximum Gasteiger partial charge on any atom is 0.407 e. The number of hydrogen-bond donors (Lipinski definition) is 2. The van der Waals surface area contributed by atoms with E-state index in [9.17, 15) is 14.7 Å². The molecule has 0 unspecified atom stereocenters. The number of piperidine rings is 1. The molecule has 0 saturated carbocycles. The van der Waals surface area contributed by atoms with Crippen molar-refractivity contribution in [1.29, 1.82) is 0 Å². The normalized spacial score (nSPS) is 19.9. The highest BCUT2D eigenvalue weighted by Crippen LogP contribution is 2.38. The smallest absolute Gasteiger partial charge is 0.407 e. The summed E-state index contributed by atoms with van der Waals surface area (Å²) in [5, 5.41) is 13.1. The van der Waals surface area contributed by atoms with Crippen LogP contribution in [0.25, 0.3) is 0 Å². The summed E-state index contributed by atoms with van der Waals surface area (Å²) in [6.45, 7) is 14.6. The van der Waals surface area contributed by atoms with Crippen LogP contribution in [0.4, 0.5) is 10.5 Å². The molecule has 1 saturated heterocycles. The number of ether oxygens (including phenoxy) is 4. The van der Waals surface area contributed by atoms with Crippen LogP contribution >= 0.6 is 0 Å². The van der Waals surface area contributed by atoms with Gasteiger partial charge in [-0.05, 0) is 59.9 Å². The first-order valence-electron chi connectivity index (χ1n) is 16.5. The highest BCUT2D eigenvalue weighted by molar-refractivity contribution is 6.74. The zero-order valence-corrected chi connectivity index (χ0v) is 30.0. The van der Waals surface area contributed by atoms with Crippen molar-refractivity contribution in [1.82, 2.24) is 10.2 Å². The predicted molar refractivity (Wildman–Crippen MR) is 184 cm³/mol. The van der Waals surface area contributed by atoms with Gasteiger partial charge in [0, 0.05) is 45.2 Å². The van der Waals surface area contributed by atoms with Gasteiger partial charge in [0.2, 0.25) is 5.91 Å². The third kappa shape index (κ3) is 9.62. The van der Waals surface area contributed by atoms with E-state index in [4.69, 9.17) is 23.4 Å². The first-order chi connectivity index (χ1) is 22.3. The minimum Gasteiger partial charge on any atom is -0.497 e. The summed E-state index contributed by atoms with van der Waals surface area (Å²) in [5.41, 5.74) is 3.00. The van der Waals surface area contributed by atoms with Gasteiger partial charge in [0.25, 0.3) is 0 Å². The quantitative estimate of drug-likeness (QED) is 0.203. The second-order valence-corrected chi connectivity index (χ2v) is 18.7. The zero-order chi connectivity index (χ0) is 34.2. The van der Waals surface area contributed by atoms with Crippen molar-refractivity contribution in [3.05, 3.63) is 53.6 Å². The molecule has 0 radical (unpaired) electrons. The van der Waals surface area contributed by atoms with E-state index in [1.165, 1.54) is 4.90 Å². The van der Waals surface area contributed by atoms with E-state index in [-0.39, 0.29) is 49.0 Å². The molecule has 2 aliphatic heterocycles. The molecule has 2 aliphatic rings. The van der Waals surface area contributed by atoms with E-state index in [1.807, 2.05) is 36.4 Å². The Bertz CT molecular complexity index is 1330. The van der Waals surface area contributed by atoms with Crippen molar-refractivity contribution in [2.45, 2.75) is 64.0 Å². The van der Waals surface area contributed by atoms with Crippen molar-refractivity contribution in [3.8, 4) is 11.5 Å². The van der Waals surface area contributed by atoms with Crippen molar-refractivity contribution in [2.24, 2.45) is 5.92 Å². The monoisotopic (exact) mass is 671 g/mol. The van der Waals surface area contributed by atoms with Gasteiger partial charge in [-0.2, -0.15) is 0 Å². The molecule has 4 rings (SSSR count). The fourth-order valence-electron chi connectivity index (χ4n) is 5.92. The van der Waals surface area contributed by atoms with Gasteiger partial charge in [0.15, 0.2) is 8.32 Å². The first-order valence-corrected chi connectivity index (χ1v) is 19.4. The van der Waals surface area contributed by atoms with E-state index in [0.717, 1.165) is 47.8 Å². The number of amides is 2. The lowest BCUT2D eigenvalue weighted by Crippen LogP contribution is -2.54. The molecule has 1 fully saturated rings. The number of carbonyl (C=O) groups is 2. The lowest BCUT2D eigenvalue weighted by atomic mass is 9.78. The second-order valence-electron chi connectivity index (χ2n) is 13.9. The van der Waals surface area contributed by atoms with Gasteiger partial charge in [-0.25, -0.2) is 4.79 Å². The number of carbonyl (C=O) groups excluding carboxylic acids is 1. The fourth-order valence-corrected chi connectivity index (χ4v) is 6.85. The Labute approximate surface area is 280 Å². The van der Waals surface area contributed by atoms with Crippen LogP contribution in [0, 0.1) is 5.92 Å². The van der Waals surface area contributed by atoms with Crippen LogP contribution in [0.5, 0.6) is 11.5 Å². The molecule has 11 nitrogen and oxygen atoms in total. The van der Waals surface area contributed by atoms with Crippen LogP contribution in [0.2, 0.25) is 18.1 Å². The minimum absolute atomic E-state index is 0.0178. The Morgan fingerprint density at radius 1 is 1.09 bits per heavy atom. The number of rotatable bonds is 14. The summed E-state index contributed by atoms with van der Waals surface area (Å²) in [6.07, 6.45) is -0.557. The van der Waals surface area contributed by atoms with E-state index in [0.29, 0.717) is 19.8 Å². The Balaban J connectivity index is 1.53. The van der Waals surface area contributed by atoms with Gasteiger partial charge in [-0.1, -0.05) is 39.0 Å². The Kier molecular flexibility index (Phi) is 12.6. The Morgan fingerprint density at radius 3 is 2.49 bits per heavy atom. The number of nitrogens with zero attached hydrogens (tertiary/aromatic N) is 2. The van der Waals surface area contributed by atoms with E-state index in [1.54, 1.807) is 14.2 Å². The number of carboxylic acid groups (broad SMARTS) is 1. The van der Waals surface area contributed by atoms with Crippen LogP contribution in [0.3, 0.4) is 0 Å². The van der Waals surface area contributed by atoms with Gasteiger partial charge >= 0.3 is 6.09 Å².